The Bertz CT molecular complexity index is 902. The average Bonchev–Trinajstić information content (AvgIpc) is 2.85. The molecular weight excluding hydrogens is 563 g/mol. The zero-order valence-corrected chi connectivity index (χ0v) is 31.3. The number of nitrogens with one attached hydrogen (secondary N) is 1. The first-order valence-corrected chi connectivity index (χ1v) is 21.2. The molecule has 0 saturated carbocycles. The van der Waals surface area contributed by atoms with Gasteiger partial charge in [-0.1, -0.05) is 75.3 Å². The summed E-state index contributed by atoms with van der Waals surface area (Å²) in [5.41, 5.74) is 0.841. The number of rotatable bonds is 15. The van der Waals surface area contributed by atoms with Gasteiger partial charge in [0.25, 0.3) is 14.3 Å². The fourth-order valence-corrected chi connectivity index (χ4v) is 12.7. The lowest BCUT2D eigenvalue weighted by Gasteiger charge is -2.44. The number of amides is 1. The lowest BCUT2D eigenvalue weighted by molar-refractivity contribution is -0.144. The van der Waals surface area contributed by atoms with Crippen molar-refractivity contribution in [3.63, 3.8) is 0 Å². The standard InChI is InChI=1S/C33H63NO6Si2/c1-15-16-27(35)19-28-18-17-25(8)29(38-28)20-31(36)34-21-30(39-41(13,14)33(10,11)12)26(9)32(37)40-42(22(2)3,23(4)5)24(6)7/h15-16,22-26,28-30H,17-21H2,1-14H3,(H,34,36)/b16-15+/t25-,26-,28-,29-,30+/m1/s1. The van der Waals surface area contributed by atoms with E-state index in [0.29, 0.717) is 6.42 Å². The van der Waals surface area contributed by atoms with E-state index in [9.17, 15) is 14.4 Å². The second kappa shape index (κ2) is 16.1. The Balaban J connectivity index is 3.09. The van der Waals surface area contributed by atoms with Gasteiger partial charge in [0.2, 0.25) is 5.91 Å². The predicted molar refractivity (Wildman–Crippen MR) is 177 cm³/mol. The van der Waals surface area contributed by atoms with Crippen LogP contribution in [-0.4, -0.2) is 59.2 Å². The molecule has 244 valence electrons. The molecule has 1 heterocycles. The molecule has 0 unspecified atom stereocenters. The van der Waals surface area contributed by atoms with Crippen LogP contribution >= 0.6 is 0 Å². The van der Waals surface area contributed by atoms with E-state index in [1.54, 1.807) is 12.2 Å². The Hall–Kier alpha value is -1.30. The lowest BCUT2D eigenvalue weighted by atomic mass is 9.90. The highest BCUT2D eigenvalue weighted by Crippen LogP contribution is 2.43. The van der Waals surface area contributed by atoms with Crippen molar-refractivity contribution in [3.05, 3.63) is 12.2 Å². The van der Waals surface area contributed by atoms with Gasteiger partial charge in [0.05, 0.1) is 30.7 Å². The summed E-state index contributed by atoms with van der Waals surface area (Å²) in [5.74, 6) is -0.626. The van der Waals surface area contributed by atoms with Gasteiger partial charge in [-0.15, -0.1) is 0 Å². The minimum atomic E-state index is -2.43. The van der Waals surface area contributed by atoms with Gasteiger partial charge >= 0.3 is 0 Å². The monoisotopic (exact) mass is 625 g/mol. The molecule has 1 N–H and O–H groups in total. The minimum absolute atomic E-state index is 0.0474. The maximum absolute atomic E-state index is 13.8. The molecule has 0 aromatic rings. The van der Waals surface area contributed by atoms with Crippen molar-refractivity contribution in [1.29, 1.82) is 0 Å². The first-order chi connectivity index (χ1) is 19.2. The van der Waals surface area contributed by atoms with Crippen molar-refractivity contribution < 1.29 is 28.0 Å². The molecule has 1 saturated heterocycles. The fraction of sp³-hybridized carbons (Fsp3) is 0.848. The number of allylic oxidation sites excluding steroid dienone is 2. The van der Waals surface area contributed by atoms with E-state index in [-0.39, 0.29) is 70.4 Å². The molecular formula is C33H63NO6Si2. The molecule has 1 aliphatic heterocycles. The highest BCUT2D eigenvalue weighted by atomic mass is 28.4. The van der Waals surface area contributed by atoms with Gasteiger partial charge in [-0.3, -0.25) is 14.4 Å². The summed E-state index contributed by atoms with van der Waals surface area (Å²) in [6.07, 6.45) is 4.69. The van der Waals surface area contributed by atoms with Crippen molar-refractivity contribution >= 4 is 34.3 Å². The molecule has 1 aliphatic rings. The Kier molecular flexibility index (Phi) is 14.9. The van der Waals surface area contributed by atoms with Crippen molar-refractivity contribution in [2.24, 2.45) is 11.8 Å². The molecule has 1 fully saturated rings. The van der Waals surface area contributed by atoms with Crippen molar-refractivity contribution in [2.75, 3.05) is 6.54 Å². The molecule has 0 spiro atoms. The Morgan fingerprint density at radius 1 is 0.952 bits per heavy atom. The van der Waals surface area contributed by atoms with Gasteiger partial charge in [0, 0.05) is 13.0 Å². The van der Waals surface area contributed by atoms with Crippen molar-refractivity contribution in [1.82, 2.24) is 5.32 Å². The third-order valence-corrected chi connectivity index (χ3v) is 20.3. The second-order valence-electron chi connectivity index (χ2n) is 15.0. The van der Waals surface area contributed by atoms with Gasteiger partial charge in [0.15, 0.2) is 14.1 Å². The Labute approximate surface area is 259 Å². The Morgan fingerprint density at radius 3 is 1.98 bits per heavy atom. The quantitative estimate of drug-likeness (QED) is 0.147. The number of carbonyl (C=O) groups excluding carboxylic acids is 3. The number of hydrogen-bond acceptors (Lipinski definition) is 6. The van der Waals surface area contributed by atoms with Gasteiger partial charge < -0.3 is 18.9 Å². The van der Waals surface area contributed by atoms with Crippen LogP contribution in [0.15, 0.2) is 12.2 Å². The number of ether oxygens (including phenoxy) is 1. The van der Waals surface area contributed by atoms with E-state index in [0.717, 1.165) is 12.8 Å². The lowest BCUT2D eigenvalue weighted by Crippen LogP contribution is -2.54. The summed E-state index contributed by atoms with van der Waals surface area (Å²) in [7, 11) is -4.69. The molecule has 0 aliphatic carbocycles. The third kappa shape index (κ3) is 10.4. The molecule has 7 nitrogen and oxygen atoms in total. The molecule has 9 heteroatoms. The maximum atomic E-state index is 13.8. The first-order valence-electron chi connectivity index (χ1n) is 16.2. The van der Waals surface area contributed by atoms with Crippen LogP contribution < -0.4 is 5.32 Å². The number of hydrogen-bond donors (Lipinski definition) is 1. The van der Waals surface area contributed by atoms with Crippen molar-refractivity contribution in [2.45, 2.75) is 162 Å². The van der Waals surface area contributed by atoms with Crippen LogP contribution in [0.3, 0.4) is 0 Å². The van der Waals surface area contributed by atoms with Gasteiger partial charge in [0.1, 0.15) is 0 Å². The first kappa shape index (κ1) is 38.7. The fourth-order valence-electron chi connectivity index (χ4n) is 6.08. The van der Waals surface area contributed by atoms with E-state index < -0.39 is 28.7 Å². The molecule has 1 rings (SSSR count). The molecule has 42 heavy (non-hydrogen) atoms. The molecule has 0 aromatic carbocycles. The zero-order chi connectivity index (χ0) is 32.6. The minimum Gasteiger partial charge on any atom is -0.518 e. The van der Waals surface area contributed by atoms with E-state index in [4.69, 9.17) is 13.6 Å². The van der Waals surface area contributed by atoms with Crippen LogP contribution in [0.2, 0.25) is 34.8 Å². The molecule has 5 atom stereocenters. The summed E-state index contributed by atoms with van der Waals surface area (Å²) in [4.78, 5) is 39.1. The van der Waals surface area contributed by atoms with E-state index >= 15 is 0 Å². The second-order valence-corrected chi connectivity index (χ2v) is 25.1. The van der Waals surface area contributed by atoms with Crippen LogP contribution in [0.25, 0.3) is 0 Å². The van der Waals surface area contributed by atoms with E-state index in [1.165, 1.54) is 0 Å². The van der Waals surface area contributed by atoms with Gasteiger partial charge in [-0.2, -0.15) is 0 Å². The third-order valence-electron chi connectivity index (χ3n) is 9.78. The maximum Gasteiger partial charge on any atom is 0.298 e. The number of ketones is 1. The molecule has 0 aromatic heterocycles. The topological polar surface area (TPSA) is 90.9 Å². The van der Waals surface area contributed by atoms with Crippen LogP contribution in [0.1, 0.15) is 109 Å². The molecule has 0 radical (unpaired) electrons. The van der Waals surface area contributed by atoms with Crippen LogP contribution in [0, 0.1) is 11.8 Å². The molecule has 1 amide bonds. The van der Waals surface area contributed by atoms with E-state index in [1.807, 2.05) is 13.8 Å². The average molecular weight is 626 g/mol. The molecule has 0 bridgehead atoms. The number of carbonyl (C=O) groups is 3. The predicted octanol–water partition coefficient (Wildman–Crippen LogP) is 7.96. The summed E-state index contributed by atoms with van der Waals surface area (Å²) in [6.45, 7) is 29.9. The summed E-state index contributed by atoms with van der Waals surface area (Å²) in [5, 5.41) is 3.01. The zero-order valence-electron chi connectivity index (χ0n) is 29.3. The van der Waals surface area contributed by atoms with Crippen LogP contribution in [0.5, 0.6) is 0 Å². The largest absolute Gasteiger partial charge is 0.518 e. The summed E-state index contributed by atoms with van der Waals surface area (Å²) < 4.78 is 19.5. The summed E-state index contributed by atoms with van der Waals surface area (Å²) in [6, 6.07) is 0. The highest BCUT2D eigenvalue weighted by molar-refractivity contribution is 6.79. The SMILES string of the molecule is C/C=C/C(=O)C[C@H]1CC[C@@H](C)[C@@H](CC(=O)NC[C@H](O[Si](C)(C)C(C)(C)C)[C@@H](C)C(=O)O[Si](C(C)C)(C(C)C)C(C)C)O1. The Morgan fingerprint density at radius 2 is 1.50 bits per heavy atom. The van der Waals surface area contributed by atoms with E-state index in [2.05, 4.69) is 87.6 Å². The van der Waals surface area contributed by atoms with Gasteiger partial charge in [-0.25, -0.2) is 0 Å². The smallest absolute Gasteiger partial charge is 0.298 e. The highest BCUT2D eigenvalue weighted by Gasteiger charge is 2.50. The van der Waals surface area contributed by atoms with Crippen molar-refractivity contribution in [3.8, 4) is 0 Å². The van der Waals surface area contributed by atoms with Crippen LogP contribution in [0.4, 0.5) is 0 Å². The van der Waals surface area contributed by atoms with Crippen LogP contribution in [-0.2, 0) is 28.0 Å². The summed E-state index contributed by atoms with van der Waals surface area (Å²) >= 11 is 0. The normalized spacial score (nSPS) is 22.1. The van der Waals surface area contributed by atoms with Gasteiger partial charge in [-0.05, 0) is 73.4 Å².